The van der Waals surface area contributed by atoms with Gasteiger partial charge < -0.3 is 9.15 Å². The zero-order valence-electron chi connectivity index (χ0n) is 9.75. The van der Waals surface area contributed by atoms with E-state index in [2.05, 4.69) is 6.92 Å². The van der Waals surface area contributed by atoms with Crippen LogP contribution in [0, 0.1) is 0 Å². The molecule has 90 valence electrons. The first-order valence-corrected chi connectivity index (χ1v) is 5.83. The summed E-state index contributed by atoms with van der Waals surface area (Å²) in [6.07, 6.45) is 1.83. The number of hydrogen-bond donors (Lipinski definition) is 0. The highest BCUT2D eigenvalue weighted by molar-refractivity contribution is 6.32. The fourth-order valence-corrected chi connectivity index (χ4v) is 2.03. The molecule has 17 heavy (non-hydrogen) atoms. The number of furan rings is 1. The van der Waals surface area contributed by atoms with E-state index in [9.17, 15) is 4.79 Å². The maximum absolute atomic E-state index is 11.6. The lowest BCUT2D eigenvalue weighted by atomic mass is 10.1. The monoisotopic (exact) mass is 252 g/mol. The Hall–Kier alpha value is -1.48. The molecule has 0 unspecified atom stereocenters. The molecule has 0 N–H and O–H groups in total. The van der Waals surface area contributed by atoms with Gasteiger partial charge in [-0.25, -0.2) is 4.79 Å². The highest BCUT2D eigenvalue weighted by Gasteiger charge is 2.16. The molecule has 1 aromatic carbocycles. The zero-order chi connectivity index (χ0) is 12.4. The number of aryl methyl sites for hydroxylation is 1. The Morgan fingerprint density at radius 1 is 1.41 bits per heavy atom. The second-order valence-corrected chi connectivity index (χ2v) is 4.26. The van der Waals surface area contributed by atoms with Crippen LogP contribution in [0.4, 0.5) is 0 Å². The van der Waals surface area contributed by atoms with Crippen LogP contribution in [0.25, 0.3) is 11.0 Å². The van der Waals surface area contributed by atoms with Gasteiger partial charge in [0.15, 0.2) is 0 Å². The van der Waals surface area contributed by atoms with Crippen molar-refractivity contribution in [2.24, 2.45) is 0 Å². The molecule has 0 aliphatic carbocycles. The first kappa shape index (κ1) is 12.0. The van der Waals surface area contributed by atoms with Gasteiger partial charge in [0.2, 0.25) is 0 Å². The zero-order valence-corrected chi connectivity index (χ0v) is 10.5. The van der Waals surface area contributed by atoms with Crippen molar-refractivity contribution in [2.75, 3.05) is 7.11 Å². The molecule has 0 bridgehead atoms. The second-order valence-electron chi connectivity index (χ2n) is 3.83. The van der Waals surface area contributed by atoms with Gasteiger partial charge >= 0.3 is 5.97 Å². The molecule has 3 nitrogen and oxygen atoms in total. The van der Waals surface area contributed by atoms with E-state index in [-0.39, 0.29) is 0 Å². The lowest BCUT2D eigenvalue weighted by Gasteiger charge is -2.00. The van der Waals surface area contributed by atoms with Crippen molar-refractivity contribution in [1.29, 1.82) is 0 Å². The minimum Gasteiger partial charge on any atom is -0.465 e. The largest absolute Gasteiger partial charge is 0.465 e. The third-order valence-electron chi connectivity index (χ3n) is 2.53. The molecule has 2 rings (SSSR count). The molecular weight excluding hydrogens is 240 g/mol. The number of ether oxygens (including phenoxy) is 1. The first-order chi connectivity index (χ1) is 8.15. The summed E-state index contributed by atoms with van der Waals surface area (Å²) in [6, 6.07) is 5.26. The van der Waals surface area contributed by atoms with E-state index in [0.29, 0.717) is 16.2 Å². The summed E-state index contributed by atoms with van der Waals surface area (Å²) in [5.74, 6) is 0.421. The first-order valence-electron chi connectivity index (χ1n) is 5.46. The maximum Gasteiger partial charge on any atom is 0.341 e. The molecule has 1 heterocycles. The summed E-state index contributed by atoms with van der Waals surface area (Å²) >= 11 is 5.96. The molecule has 0 saturated carbocycles. The highest BCUT2D eigenvalue weighted by Crippen LogP contribution is 2.28. The van der Waals surface area contributed by atoms with Crippen LogP contribution in [0.15, 0.2) is 22.6 Å². The Morgan fingerprint density at radius 2 is 2.18 bits per heavy atom. The van der Waals surface area contributed by atoms with Gasteiger partial charge in [0, 0.05) is 16.8 Å². The third kappa shape index (κ3) is 2.29. The van der Waals surface area contributed by atoms with Crippen molar-refractivity contribution >= 4 is 28.5 Å². The average Bonchev–Trinajstić information content (AvgIpc) is 2.69. The van der Waals surface area contributed by atoms with Gasteiger partial charge in [-0.1, -0.05) is 18.5 Å². The van der Waals surface area contributed by atoms with Crippen LogP contribution in [0.2, 0.25) is 5.02 Å². The number of esters is 1. The normalized spacial score (nSPS) is 10.8. The molecule has 0 aliphatic heterocycles. The van der Waals surface area contributed by atoms with Gasteiger partial charge in [0.25, 0.3) is 0 Å². The summed E-state index contributed by atoms with van der Waals surface area (Å²) in [7, 11) is 1.34. The summed E-state index contributed by atoms with van der Waals surface area (Å²) < 4.78 is 10.4. The average molecular weight is 253 g/mol. The minimum absolute atomic E-state index is 0.373. The lowest BCUT2D eigenvalue weighted by molar-refractivity contribution is 0.0601. The van der Waals surface area contributed by atoms with Gasteiger partial charge in [0.05, 0.1) is 7.11 Å². The molecule has 2 aromatic rings. The smallest absolute Gasteiger partial charge is 0.341 e. The van der Waals surface area contributed by atoms with Gasteiger partial charge in [-0.3, -0.25) is 0 Å². The molecule has 0 atom stereocenters. The van der Waals surface area contributed by atoms with Crippen LogP contribution in [-0.2, 0) is 11.2 Å². The molecule has 0 fully saturated rings. The lowest BCUT2D eigenvalue weighted by Crippen LogP contribution is -2.01. The van der Waals surface area contributed by atoms with Crippen molar-refractivity contribution < 1.29 is 13.9 Å². The number of carbonyl (C=O) groups is 1. The molecular formula is C13H13ClO3. The fraction of sp³-hybridized carbons (Fsp3) is 0.308. The van der Waals surface area contributed by atoms with Crippen LogP contribution in [0.3, 0.4) is 0 Å². The summed E-state index contributed by atoms with van der Waals surface area (Å²) in [5.41, 5.74) is 0.919. The maximum atomic E-state index is 11.6. The van der Waals surface area contributed by atoms with Crippen molar-refractivity contribution in [3.63, 3.8) is 0 Å². The van der Waals surface area contributed by atoms with E-state index >= 15 is 0 Å². The van der Waals surface area contributed by atoms with E-state index in [0.717, 1.165) is 24.0 Å². The number of rotatable bonds is 3. The molecule has 0 spiro atoms. The van der Waals surface area contributed by atoms with Crippen molar-refractivity contribution in [2.45, 2.75) is 19.8 Å². The SMILES string of the molecule is CCCc1cc2cc(Cl)cc(C(=O)OC)c2o1. The van der Waals surface area contributed by atoms with Gasteiger partial charge in [-0.2, -0.15) is 0 Å². The number of fused-ring (bicyclic) bond motifs is 1. The topological polar surface area (TPSA) is 39.4 Å². The summed E-state index contributed by atoms with van der Waals surface area (Å²) in [6.45, 7) is 2.07. The Morgan fingerprint density at radius 3 is 2.82 bits per heavy atom. The molecule has 0 amide bonds. The summed E-state index contributed by atoms with van der Waals surface area (Å²) in [4.78, 5) is 11.6. The Labute approximate surface area is 104 Å². The molecule has 4 heteroatoms. The fourth-order valence-electron chi connectivity index (χ4n) is 1.80. The van der Waals surface area contributed by atoms with Crippen LogP contribution < -0.4 is 0 Å². The Balaban J connectivity index is 2.61. The predicted molar refractivity (Wildman–Crippen MR) is 66.6 cm³/mol. The number of halogens is 1. The number of methoxy groups -OCH3 is 1. The van der Waals surface area contributed by atoms with Crippen LogP contribution in [0.5, 0.6) is 0 Å². The van der Waals surface area contributed by atoms with Gasteiger partial charge in [0.1, 0.15) is 16.9 Å². The quantitative estimate of drug-likeness (QED) is 0.780. The predicted octanol–water partition coefficient (Wildman–Crippen LogP) is 3.83. The van der Waals surface area contributed by atoms with Crippen LogP contribution in [0.1, 0.15) is 29.5 Å². The van der Waals surface area contributed by atoms with Crippen molar-refractivity contribution in [3.8, 4) is 0 Å². The van der Waals surface area contributed by atoms with E-state index in [1.165, 1.54) is 7.11 Å². The molecule has 1 aromatic heterocycles. The van der Waals surface area contributed by atoms with Gasteiger partial charge in [-0.05, 0) is 24.6 Å². The van der Waals surface area contributed by atoms with E-state index in [1.54, 1.807) is 12.1 Å². The van der Waals surface area contributed by atoms with Crippen molar-refractivity contribution in [3.05, 3.63) is 34.5 Å². The van der Waals surface area contributed by atoms with Crippen LogP contribution in [-0.4, -0.2) is 13.1 Å². The molecule has 0 radical (unpaired) electrons. The molecule has 0 aliphatic rings. The Kier molecular flexibility index (Phi) is 3.38. The van der Waals surface area contributed by atoms with E-state index in [4.69, 9.17) is 20.8 Å². The summed E-state index contributed by atoms with van der Waals surface area (Å²) in [5, 5.41) is 1.34. The number of hydrogen-bond acceptors (Lipinski definition) is 3. The standard InChI is InChI=1S/C13H13ClO3/c1-3-4-10-6-8-5-9(14)7-11(12(8)17-10)13(15)16-2/h5-7H,3-4H2,1-2H3. The number of benzene rings is 1. The Bertz CT molecular complexity index is 557. The van der Waals surface area contributed by atoms with E-state index in [1.807, 2.05) is 6.07 Å². The minimum atomic E-state index is -0.435. The molecule has 0 saturated heterocycles. The second kappa shape index (κ2) is 4.80. The van der Waals surface area contributed by atoms with E-state index < -0.39 is 5.97 Å². The third-order valence-corrected chi connectivity index (χ3v) is 2.75. The highest BCUT2D eigenvalue weighted by atomic mass is 35.5. The van der Waals surface area contributed by atoms with Crippen LogP contribution >= 0.6 is 11.6 Å². The van der Waals surface area contributed by atoms with Gasteiger partial charge in [-0.15, -0.1) is 0 Å². The number of carbonyl (C=O) groups excluding carboxylic acids is 1. The van der Waals surface area contributed by atoms with Crippen molar-refractivity contribution in [1.82, 2.24) is 0 Å².